The number of aromatic nitrogens is 1. The maximum absolute atomic E-state index is 12.9. The number of anilines is 1. The van der Waals surface area contributed by atoms with Gasteiger partial charge in [-0.2, -0.15) is 0 Å². The second-order valence-corrected chi connectivity index (χ2v) is 4.89. The van der Waals surface area contributed by atoms with Crippen molar-refractivity contribution >= 4 is 17.8 Å². The Morgan fingerprint density at radius 1 is 1.36 bits per heavy atom. The molecule has 1 unspecified atom stereocenters. The summed E-state index contributed by atoms with van der Waals surface area (Å²) in [4.78, 5) is 30.4. The van der Waals surface area contributed by atoms with Gasteiger partial charge in [0.05, 0.1) is 12.8 Å². The summed E-state index contributed by atoms with van der Waals surface area (Å²) in [7, 11) is 0. The van der Waals surface area contributed by atoms with Crippen molar-refractivity contribution < 1.29 is 19.1 Å². The Labute approximate surface area is 126 Å². The van der Waals surface area contributed by atoms with E-state index in [1.807, 2.05) is 4.90 Å². The predicted molar refractivity (Wildman–Crippen MR) is 76.6 cm³/mol. The van der Waals surface area contributed by atoms with Crippen LogP contribution >= 0.6 is 0 Å². The van der Waals surface area contributed by atoms with E-state index in [-0.39, 0.29) is 5.91 Å². The zero-order valence-corrected chi connectivity index (χ0v) is 11.9. The first-order chi connectivity index (χ1) is 10.5. The third kappa shape index (κ3) is 3.82. The van der Waals surface area contributed by atoms with Gasteiger partial charge in [-0.1, -0.05) is 0 Å². The predicted octanol–water partition coefficient (Wildman–Crippen LogP) is -1.10. The minimum atomic E-state index is -1.03. The number of aliphatic hydroxyl groups excluding tert-OH is 1. The summed E-state index contributed by atoms with van der Waals surface area (Å²) < 4.78 is 12.9. The van der Waals surface area contributed by atoms with Crippen molar-refractivity contribution in [1.29, 1.82) is 0 Å². The maximum Gasteiger partial charge on any atom is 0.312 e. The first-order valence-corrected chi connectivity index (χ1v) is 6.83. The third-order valence-corrected chi connectivity index (χ3v) is 3.42. The van der Waals surface area contributed by atoms with Gasteiger partial charge in [0.2, 0.25) is 5.91 Å². The van der Waals surface area contributed by atoms with E-state index in [4.69, 9.17) is 10.8 Å². The molecular weight excluding hydrogens is 293 g/mol. The van der Waals surface area contributed by atoms with Crippen molar-refractivity contribution in [3.63, 3.8) is 0 Å². The molecular formula is C13H18FN5O3. The number of pyridine rings is 1. The van der Waals surface area contributed by atoms with Crippen LogP contribution in [0.5, 0.6) is 0 Å². The zero-order valence-electron chi connectivity index (χ0n) is 11.9. The molecule has 0 bridgehead atoms. The summed E-state index contributed by atoms with van der Waals surface area (Å²) in [6.45, 7) is 1.36. The third-order valence-electron chi connectivity index (χ3n) is 3.42. The highest BCUT2D eigenvalue weighted by atomic mass is 19.1. The van der Waals surface area contributed by atoms with Gasteiger partial charge in [-0.05, 0) is 12.1 Å². The Hall–Kier alpha value is -2.42. The molecule has 1 atom stereocenters. The Kier molecular flexibility index (Phi) is 5.10. The number of aliphatic hydroxyl groups is 1. The van der Waals surface area contributed by atoms with Gasteiger partial charge in [0.15, 0.2) is 0 Å². The van der Waals surface area contributed by atoms with Gasteiger partial charge in [0, 0.05) is 26.2 Å². The molecule has 0 radical (unpaired) electrons. The summed E-state index contributed by atoms with van der Waals surface area (Å²) >= 11 is 0. The number of nitrogens with zero attached hydrogens (tertiary/aromatic N) is 3. The van der Waals surface area contributed by atoms with Crippen LogP contribution in [0, 0.1) is 5.82 Å². The molecule has 2 rings (SSSR count). The highest BCUT2D eigenvalue weighted by Gasteiger charge is 2.28. The number of hydrogen-bond acceptors (Lipinski definition) is 5. The summed E-state index contributed by atoms with van der Waals surface area (Å²) in [5.74, 6) is -0.142. The van der Waals surface area contributed by atoms with Crippen LogP contribution in [-0.2, 0) is 4.79 Å². The minimum absolute atomic E-state index is 0.381. The number of piperazine rings is 1. The number of nitrogens with one attached hydrogen (secondary N) is 1. The quantitative estimate of drug-likeness (QED) is 0.653. The van der Waals surface area contributed by atoms with Gasteiger partial charge in [0.1, 0.15) is 17.7 Å². The van der Waals surface area contributed by atoms with Crippen molar-refractivity contribution in [2.24, 2.45) is 5.73 Å². The number of carbonyl (C=O) groups is 2. The van der Waals surface area contributed by atoms with Crippen molar-refractivity contribution in [2.45, 2.75) is 6.04 Å². The Bertz CT molecular complexity index is 531. The fourth-order valence-electron chi connectivity index (χ4n) is 2.29. The lowest BCUT2D eigenvalue weighted by atomic mass is 10.2. The summed E-state index contributed by atoms with van der Waals surface area (Å²) in [5.41, 5.74) is 4.97. The van der Waals surface area contributed by atoms with Crippen molar-refractivity contribution in [2.75, 3.05) is 37.7 Å². The van der Waals surface area contributed by atoms with E-state index in [0.29, 0.717) is 32.0 Å². The molecule has 2 heterocycles. The van der Waals surface area contributed by atoms with Crippen LogP contribution in [0.15, 0.2) is 18.3 Å². The molecule has 0 aromatic carbocycles. The lowest BCUT2D eigenvalue weighted by Crippen LogP contribution is -2.56. The van der Waals surface area contributed by atoms with Crippen LogP contribution in [0.25, 0.3) is 0 Å². The zero-order chi connectivity index (χ0) is 16.1. The van der Waals surface area contributed by atoms with E-state index in [9.17, 15) is 14.0 Å². The monoisotopic (exact) mass is 311 g/mol. The number of carbonyl (C=O) groups excluding carboxylic acids is 2. The fraction of sp³-hybridized carbons (Fsp3) is 0.462. The van der Waals surface area contributed by atoms with Gasteiger partial charge in [-0.3, -0.25) is 4.79 Å². The molecule has 8 nitrogen and oxygen atoms in total. The van der Waals surface area contributed by atoms with Gasteiger partial charge in [-0.25, -0.2) is 14.2 Å². The van der Waals surface area contributed by atoms with Gasteiger partial charge in [0.25, 0.3) is 0 Å². The van der Waals surface area contributed by atoms with E-state index in [1.54, 1.807) is 6.07 Å². The standard InChI is InChI=1S/C13H18FN5O3/c14-9-1-2-11(16-7-9)18-3-5-19(6-4-18)12(21)10(8-20)17-13(15)22/h1-2,7,10,20H,3-6,8H2,(H3,15,17,22). The molecule has 0 spiro atoms. The number of halogens is 1. The van der Waals surface area contributed by atoms with E-state index in [1.165, 1.54) is 11.0 Å². The van der Waals surface area contributed by atoms with Crippen molar-refractivity contribution in [1.82, 2.24) is 15.2 Å². The van der Waals surface area contributed by atoms with Gasteiger partial charge < -0.3 is 26.0 Å². The first kappa shape index (κ1) is 16.0. The second kappa shape index (κ2) is 7.03. The molecule has 22 heavy (non-hydrogen) atoms. The summed E-state index contributed by atoms with van der Waals surface area (Å²) in [6.07, 6.45) is 1.14. The van der Waals surface area contributed by atoms with E-state index < -0.39 is 24.5 Å². The van der Waals surface area contributed by atoms with E-state index >= 15 is 0 Å². The number of nitrogens with two attached hydrogens (primary N) is 1. The molecule has 1 aliphatic rings. The van der Waals surface area contributed by atoms with E-state index in [0.717, 1.165) is 6.20 Å². The first-order valence-electron chi connectivity index (χ1n) is 6.83. The maximum atomic E-state index is 12.9. The van der Waals surface area contributed by atoms with E-state index in [2.05, 4.69) is 10.3 Å². The van der Waals surface area contributed by atoms with Crippen LogP contribution < -0.4 is 16.0 Å². The molecule has 1 aromatic heterocycles. The molecule has 120 valence electrons. The second-order valence-electron chi connectivity index (χ2n) is 4.89. The van der Waals surface area contributed by atoms with Crippen molar-refractivity contribution in [3.8, 4) is 0 Å². The topological polar surface area (TPSA) is 112 Å². The SMILES string of the molecule is NC(=O)NC(CO)C(=O)N1CCN(c2ccc(F)cn2)CC1. The highest BCUT2D eigenvalue weighted by Crippen LogP contribution is 2.14. The summed E-state index contributed by atoms with van der Waals surface area (Å²) in [6, 6.07) is 1.02. The average Bonchev–Trinajstić information content (AvgIpc) is 2.52. The largest absolute Gasteiger partial charge is 0.394 e. The fourth-order valence-corrected chi connectivity index (χ4v) is 2.29. The van der Waals surface area contributed by atoms with Crippen LogP contribution in [0.3, 0.4) is 0 Å². The van der Waals surface area contributed by atoms with Crippen LogP contribution in [0.1, 0.15) is 0 Å². The van der Waals surface area contributed by atoms with Gasteiger partial charge in [-0.15, -0.1) is 0 Å². The molecule has 1 fully saturated rings. The number of primary amides is 1. The Balaban J connectivity index is 1.92. The molecule has 1 aliphatic heterocycles. The number of amides is 3. The number of rotatable bonds is 4. The lowest BCUT2D eigenvalue weighted by Gasteiger charge is -2.36. The molecule has 4 N–H and O–H groups in total. The van der Waals surface area contributed by atoms with Crippen LogP contribution in [-0.4, -0.2) is 65.8 Å². The highest BCUT2D eigenvalue weighted by molar-refractivity contribution is 5.86. The normalized spacial score (nSPS) is 16.3. The average molecular weight is 311 g/mol. The molecule has 0 aliphatic carbocycles. The van der Waals surface area contributed by atoms with Gasteiger partial charge >= 0.3 is 6.03 Å². The minimum Gasteiger partial charge on any atom is -0.394 e. The Morgan fingerprint density at radius 3 is 2.55 bits per heavy atom. The molecule has 1 aromatic rings. The number of urea groups is 1. The Morgan fingerprint density at radius 2 is 2.05 bits per heavy atom. The van der Waals surface area contributed by atoms with Crippen LogP contribution in [0.2, 0.25) is 0 Å². The van der Waals surface area contributed by atoms with Crippen LogP contribution in [0.4, 0.5) is 15.0 Å². The smallest absolute Gasteiger partial charge is 0.312 e. The lowest BCUT2D eigenvalue weighted by molar-refractivity contribution is -0.134. The summed E-state index contributed by atoms with van der Waals surface area (Å²) in [5, 5.41) is 11.4. The van der Waals surface area contributed by atoms with Crippen molar-refractivity contribution in [3.05, 3.63) is 24.1 Å². The molecule has 3 amide bonds. The molecule has 1 saturated heterocycles. The molecule has 9 heteroatoms. The number of hydrogen-bond donors (Lipinski definition) is 3. The molecule has 0 saturated carbocycles.